The minimum Gasteiger partial charge on any atom is -0.374 e. The van der Waals surface area contributed by atoms with Crippen molar-refractivity contribution in [1.29, 1.82) is 0 Å². The van der Waals surface area contributed by atoms with Crippen molar-refractivity contribution in [3.05, 3.63) is 94.0 Å². The summed E-state index contributed by atoms with van der Waals surface area (Å²) in [5.74, 6) is 0. The lowest BCUT2D eigenvalue weighted by atomic mass is 9.83. The molecule has 0 aliphatic carbocycles. The Morgan fingerprint density at radius 3 is 1.68 bits per heavy atom. The molecule has 22 heavy (non-hydrogen) atoms. The predicted molar refractivity (Wildman–Crippen MR) is 87.0 cm³/mol. The van der Waals surface area contributed by atoms with E-state index in [2.05, 4.69) is 9.97 Å². The third-order valence-electron chi connectivity index (χ3n) is 3.48. The third-order valence-corrected chi connectivity index (χ3v) is 3.98. The summed E-state index contributed by atoms with van der Waals surface area (Å²) in [5.41, 5.74) is 0.404. The van der Waals surface area contributed by atoms with E-state index in [1.54, 1.807) is 60.8 Å². The molecule has 2 aromatic carbocycles. The van der Waals surface area contributed by atoms with E-state index in [-0.39, 0.29) is 0 Å². The van der Waals surface area contributed by atoms with Crippen LogP contribution in [-0.4, -0.2) is 15.1 Å². The number of halogens is 2. The number of hydrogen-bond acceptors (Lipinski definition) is 3. The summed E-state index contributed by atoms with van der Waals surface area (Å²) in [6, 6.07) is 15.7. The SMILES string of the molecule is OC(c1ccc(Cl)cc1)(c1ccc(Cl)cc1)c1ccncn1. The first kappa shape index (κ1) is 15.0. The number of aliphatic hydroxyl groups is 1. The summed E-state index contributed by atoms with van der Waals surface area (Å²) in [7, 11) is 0. The largest absolute Gasteiger partial charge is 0.374 e. The van der Waals surface area contributed by atoms with Gasteiger partial charge in [0.1, 0.15) is 6.33 Å². The van der Waals surface area contributed by atoms with Crippen LogP contribution in [0, 0.1) is 0 Å². The van der Waals surface area contributed by atoms with Gasteiger partial charge in [-0.25, -0.2) is 9.97 Å². The van der Waals surface area contributed by atoms with Gasteiger partial charge in [-0.1, -0.05) is 47.5 Å². The minimum absolute atomic E-state index is 0.479. The molecule has 0 unspecified atom stereocenters. The Bertz CT molecular complexity index is 713. The molecule has 5 heteroatoms. The summed E-state index contributed by atoms with van der Waals surface area (Å²) >= 11 is 11.9. The van der Waals surface area contributed by atoms with Crippen molar-refractivity contribution in [2.45, 2.75) is 5.60 Å². The summed E-state index contributed by atoms with van der Waals surface area (Å²) < 4.78 is 0. The molecule has 1 aromatic heterocycles. The number of hydrogen-bond donors (Lipinski definition) is 1. The zero-order chi connectivity index (χ0) is 15.6. The zero-order valence-electron chi connectivity index (χ0n) is 11.4. The van der Waals surface area contributed by atoms with E-state index in [1.807, 2.05) is 0 Å². The molecule has 0 amide bonds. The van der Waals surface area contributed by atoms with Gasteiger partial charge in [0.15, 0.2) is 5.60 Å². The van der Waals surface area contributed by atoms with Crippen LogP contribution in [0.1, 0.15) is 16.8 Å². The zero-order valence-corrected chi connectivity index (χ0v) is 13.0. The van der Waals surface area contributed by atoms with E-state index < -0.39 is 5.60 Å². The Morgan fingerprint density at radius 2 is 1.27 bits per heavy atom. The maximum Gasteiger partial charge on any atom is 0.157 e. The molecule has 0 aliphatic heterocycles. The summed E-state index contributed by atoms with van der Waals surface area (Å²) in [6.07, 6.45) is 3.01. The lowest BCUT2D eigenvalue weighted by Gasteiger charge is -2.28. The Hall–Kier alpha value is -1.94. The first-order valence-corrected chi connectivity index (χ1v) is 7.37. The van der Waals surface area contributed by atoms with Crippen LogP contribution < -0.4 is 0 Å². The van der Waals surface area contributed by atoms with E-state index in [0.717, 1.165) is 0 Å². The van der Waals surface area contributed by atoms with Gasteiger partial charge in [-0.05, 0) is 41.5 Å². The van der Waals surface area contributed by atoms with Gasteiger partial charge >= 0.3 is 0 Å². The molecule has 110 valence electrons. The van der Waals surface area contributed by atoms with Gasteiger partial charge in [-0.2, -0.15) is 0 Å². The second kappa shape index (κ2) is 6.05. The van der Waals surface area contributed by atoms with Gasteiger partial charge in [-0.15, -0.1) is 0 Å². The number of rotatable bonds is 3. The van der Waals surface area contributed by atoms with E-state index in [9.17, 15) is 5.11 Å². The first-order valence-electron chi connectivity index (χ1n) is 6.61. The maximum atomic E-state index is 11.4. The van der Waals surface area contributed by atoms with Gasteiger partial charge in [0.25, 0.3) is 0 Å². The monoisotopic (exact) mass is 330 g/mol. The minimum atomic E-state index is -1.40. The summed E-state index contributed by atoms with van der Waals surface area (Å²) in [6.45, 7) is 0. The molecule has 0 fully saturated rings. The Balaban J connectivity index is 2.22. The molecule has 3 nitrogen and oxygen atoms in total. The number of benzene rings is 2. The Labute approximate surface area is 138 Å². The normalized spacial score (nSPS) is 11.4. The number of aromatic nitrogens is 2. The second-order valence-electron chi connectivity index (χ2n) is 4.82. The van der Waals surface area contributed by atoms with Crippen molar-refractivity contribution in [1.82, 2.24) is 9.97 Å². The molecule has 3 rings (SSSR count). The van der Waals surface area contributed by atoms with Gasteiger partial charge in [-0.3, -0.25) is 0 Å². The predicted octanol–water partition coefficient (Wildman–Crippen LogP) is 4.07. The lowest BCUT2D eigenvalue weighted by Crippen LogP contribution is -2.30. The molecule has 0 bridgehead atoms. The number of nitrogens with zero attached hydrogens (tertiary/aromatic N) is 2. The Kier molecular flexibility index (Phi) is 4.12. The molecular weight excluding hydrogens is 319 g/mol. The second-order valence-corrected chi connectivity index (χ2v) is 5.69. The molecule has 0 saturated carbocycles. The molecule has 3 aromatic rings. The van der Waals surface area contributed by atoms with Crippen LogP contribution in [0.3, 0.4) is 0 Å². The molecule has 0 aliphatic rings. The molecule has 1 heterocycles. The van der Waals surface area contributed by atoms with Crippen LogP contribution in [0.15, 0.2) is 67.1 Å². The van der Waals surface area contributed by atoms with E-state index in [0.29, 0.717) is 26.9 Å². The van der Waals surface area contributed by atoms with Crippen molar-refractivity contribution < 1.29 is 5.11 Å². The fraction of sp³-hybridized carbons (Fsp3) is 0.0588. The van der Waals surface area contributed by atoms with Gasteiger partial charge in [0.2, 0.25) is 0 Å². The van der Waals surface area contributed by atoms with E-state index in [4.69, 9.17) is 23.2 Å². The van der Waals surface area contributed by atoms with Gasteiger partial charge in [0.05, 0.1) is 5.69 Å². The van der Waals surface area contributed by atoms with Crippen LogP contribution >= 0.6 is 23.2 Å². The first-order chi connectivity index (χ1) is 10.6. The van der Waals surface area contributed by atoms with Crippen LogP contribution in [0.25, 0.3) is 0 Å². The van der Waals surface area contributed by atoms with Crippen molar-refractivity contribution in [2.75, 3.05) is 0 Å². The van der Waals surface area contributed by atoms with Crippen LogP contribution in [0.5, 0.6) is 0 Å². The van der Waals surface area contributed by atoms with E-state index in [1.165, 1.54) is 6.33 Å². The smallest absolute Gasteiger partial charge is 0.157 e. The summed E-state index contributed by atoms with van der Waals surface area (Å²) in [4.78, 5) is 8.13. The highest BCUT2D eigenvalue weighted by Gasteiger charge is 2.35. The molecule has 0 spiro atoms. The molecule has 0 atom stereocenters. The molecule has 0 radical (unpaired) electrons. The molecular formula is C17H12Cl2N2O. The molecule has 0 saturated heterocycles. The average molecular weight is 331 g/mol. The highest BCUT2D eigenvalue weighted by Crippen LogP contribution is 2.36. The third kappa shape index (κ3) is 2.71. The topological polar surface area (TPSA) is 46.0 Å². The van der Waals surface area contributed by atoms with Gasteiger partial charge in [0, 0.05) is 16.2 Å². The van der Waals surface area contributed by atoms with Crippen molar-refractivity contribution >= 4 is 23.2 Å². The average Bonchev–Trinajstić information content (AvgIpc) is 2.56. The quantitative estimate of drug-likeness (QED) is 0.787. The molecule has 1 N–H and O–H groups in total. The maximum absolute atomic E-state index is 11.4. The van der Waals surface area contributed by atoms with Gasteiger partial charge < -0.3 is 5.11 Å². The van der Waals surface area contributed by atoms with Crippen molar-refractivity contribution in [2.24, 2.45) is 0 Å². The fourth-order valence-corrected chi connectivity index (χ4v) is 2.60. The van der Waals surface area contributed by atoms with Crippen LogP contribution in [0.2, 0.25) is 10.0 Å². The van der Waals surface area contributed by atoms with E-state index >= 15 is 0 Å². The van der Waals surface area contributed by atoms with Crippen LogP contribution in [-0.2, 0) is 5.60 Å². The summed E-state index contributed by atoms with van der Waals surface area (Å²) in [5, 5.41) is 12.6. The van der Waals surface area contributed by atoms with Crippen molar-refractivity contribution in [3.8, 4) is 0 Å². The van der Waals surface area contributed by atoms with Crippen LogP contribution in [0.4, 0.5) is 0 Å². The standard InChI is InChI=1S/C17H12Cl2N2O/c18-14-5-1-12(2-6-14)17(22,16-9-10-20-11-21-16)13-3-7-15(19)8-4-13/h1-11,22H. The lowest BCUT2D eigenvalue weighted by molar-refractivity contribution is 0.120. The highest BCUT2D eigenvalue weighted by molar-refractivity contribution is 6.30. The Morgan fingerprint density at radius 1 is 0.773 bits per heavy atom. The highest BCUT2D eigenvalue weighted by atomic mass is 35.5. The van der Waals surface area contributed by atoms with Crippen molar-refractivity contribution in [3.63, 3.8) is 0 Å². The fourth-order valence-electron chi connectivity index (χ4n) is 2.35.